The zero-order valence-corrected chi connectivity index (χ0v) is 14.3. The van der Waals surface area contributed by atoms with Crippen molar-refractivity contribution in [2.75, 3.05) is 6.61 Å². The van der Waals surface area contributed by atoms with Gasteiger partial charge in [0.15, 0.2) is 0 Å². The minimum atomic E-state index is -0.0614. The molecule has 1 atom stereocenters. The van der Waals surface area contributed by atoms with Crippen molar-refractivity contribution in [3.8, 4) is 5.75 Å². The molecular weight excluding hydrogens is 310 g/mol. The summed E-state index contributed by atoms with van der Waals surface area (Å²) in [5, 5.41) is 3.12. The molecule has 0 bridgehead atoms. The minimum Gasteiger partial charge on any atom is -0.490 e. The summed E-state index contributed by atoms with van der Waals surface area (Å²) in [5.41, 5.74) is 3.56. The molecular formula is C22H23NO2. The Kier molecular flexibility index (Phi) is 5.68. The smallest absolute Gasteiger partial charge is 0.244 e. The number of hydrogen-bond acceptors (Lipinski definition) is 2. The molecule has 0 unspecified atom stereocenters. The van der Waals surface area contributed by atoms with Crippen LogP contribution in [0.15, 0.2) is 67.3 Å². The summed E-state index contributed by atoms with van der Waals surface area (Å²) in [5.74, 6) is 0.731. The molecule has 128 valence electrons. The third-order valence-electron chi connectivity index (χ3n) is 4.36. The molecule has 0 aromatic heterocycles. The predicted octanol–water partition coefficient (Wildman–Crippen LogP) is 4.46. The van der Waals surface area contributed by atoms with Crippen molar-refractivity contribution in [2.24, 2.45) is 0 Å². The molecule has 0 spiro atoms. The maximum absolute atomic E-state index is 12.3. The summed E-state index contributed by atoms with van der Waals surface area (Å²) in [6.07, 6.45) is 8.32. The maximum atomic E-state index is 12.3. The van der Waals surface area contributed by atoms with Crippen LogP contribution in [-0.2, 0) is 11.2 Å². The summed E-state index contributed by atoms with van der Waals surface area (Å²) in [7, 11) is 0. The van der Waals surface area contributed by atoms with E-state index < -0.39 is 0 Å². The van der Waals surface area contributed by atoms with Gasteiger partial charge < -0.3 is 10.1 Å². The molecule has 2 aromatic rings. The Labute approximate surface area is 149 Å². The molecule has 1 amide bonds. The van der Waals surface area contributed by atoms with Gasteiger partial charge in [-0.2, -0.15) is 0 Å². The van der Waals surface area contributed by atoms with Crippen LogP contribution in [0.2, 0.25) is 0 Å². The Morgan fingerprint density at radius 2 is 2.00 bits per heavy atom. The van der Waals surface area contributed by atoms with Crippen molar-refractivity contribution >= 4 is 12.0 Å². The monoisotopic (exact) mass is 333 g/mol. The van der Waals surface area contributed by atoms with E-state index in [-0.39, 0.29) is 11.9 Å². The average molecular weight is 333 g/mol. The molecule has 2 aromatic carbocycles. The molecule has 0 saturated heterocycles. The molecule has 3 nitrogen and oxygen atoms in total. The number of carbonyl (C=O) groups excluding carboxylic acids is 1. The third-order valence-corrected chi connectivity index (χ3v) is 4.36. The normalized spacial score (nSPS) is 16.2. The Morgan fingerprint density at radius 1 is 1.20 bits per heavy atom. The van der Waals surface area contributed by atoms with Gasteiger partial charge in [-0.15, -0.1) is 0 Å². The highest BCUT2D eigenvalue weighted by atomic mass is 16.5. The van der Waals surface area contributed by atoms with Crippen LogP contribution in [0.4, 0.5) is 0 Å². The summed E-state index contributed by atoms with van der Waals surface area (Å²) >= 11 is 0. The first-order valence-corrected chi connectivity index (χ1v) is 8.66. The molecule has 1 N–H and O–H groups in total. The van der Waals surface area contributed by atoms with E-state index in [0.29, 0.717) is 6.61 Å². The standard InChI is InChI=1S/C22H23NO2/c1-2-16-25-19-13-10-17(11-14-19)12-15-22(24)23-21-9-5-7-18-6-3-4-8-20(18)21/h2-4,6,8,10-15,21H,1,5,7,9,16H2,(H,23,24)/b15-12+/t21-/m1/s1. The third kappa shape index (κ3) is 4.60. The molecule has 1 aliphatic rings. The highest BCUT2D eigenvalue weighted by molar-refractivity contribution is 5.92. The van der Waals surface area contributed by atoms with Crippen LogP contribution in [0.25, 0.3) is 6.08 Å². The van der Waals surface area contributed by atoms with Gasteiger partial charge >= 0.3 is 0 Å². The van der Waals surface area contributed by atoms with Crippen LogP contribution in [0, 0.1) is 0 Å². The second-order valence-corrected chi connectivity index (χ2v) is 6.15. The Bertz CT molecular complexity index is 762. The van der Waals surface area contributed by atoms with E-state index in [1.807, 2.05) is 36.4 Å². The number of hydrogen-bond donors (Lipinski definition) is 1. The molecule has 0 fully saturated rings. The molecule has 3 rings (SSSR count). The van der Waals surface area contributed by atoms with E-state index in [4.69, 9.17) is 4.74 Å². The van der Waals surface area contributed by atoms with Gasteiger partial charge in [0, 0.05) is 6.08 Å². The largest absolute Gasteiger partial charge is 0.490 e. The first kappa shape index (κ1) is 17.0. The van der Waals surface area contributed by atoms with Gasteiger partial charge in [-0.05, 0) is 54.2 Å². The van der Waals surface area contributed by atoms with Crippen LogP contribution in [0.5, 0.6) is 5.75 Å². The molecule has 0 saturated carbocycles. The zero-order valence-electron chi connectivity index (χ0n) is 14.3. The lowest BCUT2D eigenvalue weighted by atomic mass is 9.88. The molecule has 0 heterocycles. The van der Waals surface area contributed by atoms with Gasteiger partial charge in [0.25, 0.3) is 0 Å². The summed E-state index contributed by atoms with van der Waals surface area (Å²) < 4.78 is 5.45. The predicted molar refractivity (Wildman–Crippen MR) is 101 cm³/mol. The number of carbonyl (C=O) groups is 1. The molecule has 3 heteroatoms. The van der Waals surface area contributed by atoms with E-state index in [1.54, 1.807) is 12.2 Å². The Morgan fingerprint density at radius 3 is 2.80 bits per heavy atom. The van der Waals surface area contributed by atoms with Gasteiger partial charge in [-0.3, -0.25) is 4.79 Å². The van der Waals surface area contributed by atoms with Crippen LogP contribution < -0.4 is 10.1 Å². The second kappa shape index (κ2) is 8.34. The fraction of sp³-hybridized carbons (Fsp3) is 0.227. The lowest BCUT2D eigenvalue weighted by Crippen LogP contribution is -2.29. The summed E-state index contributed by atoms with van der Waals surface area (Å²) in [6.45, 7) is 4.11. The number of rotatable bonds is 6. The topological polar surface area (TPSA) is 38.3 Å². The fourth-order valence-corrected chi connectivity index (χ4v) is 3.13. The first-order chi connectivity index (χ1) is 12.3. The molecule has 25 heavy (non-hydrogen) atoms. The minimum absolute atomic E-state index is 0.0614. The number of ether oxygens (including phenoxy) is 1. The number of nitrogens with one attached hydrogen (secondary N) is 1. The average Bonchev–Trinajstić information content (AvgIpc) is 2.66. The second-order valence-electron chi connectivity index (χ2n) is 6.15. The lowest BCUT2D eigenvalue weighted by molar-refractivity contribution is -0.117. The lowest BCUT2D eigenvalue weighted by Gasteiger charge is -2.25. The van der Waals surface area contributed by atoms with Crippen molar-refractivity contribution in [3.63, 3.8) is 0 Å². The van der Waals surface area contributed by atoms with Crippen molar-refractivity contribution in [1.82, 2.24) is 5.32 Å². The number of benzene rings is 2. The fourth-order valence-electron chi connectivity index (χ4n) is 3.13. The van der Waals surface area contributed by atoms with Gasteiger partial charge in [-0.25, -0.2) is 0 Å². The number of fused-ring (bicyclic) bond motifs is 1. The van der Waals surface area contributed by atoms with E-state index in [9.17, 15) is 4.79 Å². The van der Waals surface area contributed by atoms with Gasteiger partial charge in [0.05, 0.1) is 6.04 Å². The highest BCUT2D eigenvalue weighted by Gasteiger charge is 2.20. The van der Waals surface area contributed by atoms with Crippen molar-refractivity contribution in [2.45, 2.75) is 25.3 Å². The highest BCUT2D eigenvalue weighted by Crippen LogP contribution is 2.29. The zero-order chi connectivity index (χ0) is 17.5. The van der Waals surface area contributed by atoms with E-state index in [1.165, 1.54) is 11.1 Å². The van der Waals surface area contributed by atoms with E-state index >= 15 is 0 Å². The quantitative estimate of drug-likeness (QED) is 0.626. The van der Waals surface area contributed by atoms with E-state index in [0.717, 1.165) is 30.6 Å². The van der Waals surface area contributed by atoms with Crippen molar-refractivity contribution < 1.29 is 9.53 Å². The number of amides is 1. The van der Waals surface area contributed by atoms with Crippen LogP contribution >= 0.6 is 0 Å². The van der Waals surface area contributed by atoms with Crippen LogP contribution in [0.3, 0.4) is 0 Å². The van der Waals surface area contributed by atoms with Crippen LogP contribution in [-0.4, -0.2) is 12.5 Å². The SMILES string of the molecule is C=CCOc1ccc(/C=C/C(=O)N[C@@H]2CCCc3ccccc32)cc1. The van der Waals surface area contributed by atoms with Crippen molar-refractivity contribution in [3.05, 3.63) is 84.0 Å². The summed E-state index contributed by atoms with van der Waals surface area (Å²) in [6, 6.07) is 16.1. The van der Waals surface area contributed by atoms with Gasteiger partial charge in [0.2, 0.25) is 5.91 Å². The Hall–Kier alpha value is -2.81. The first-order valence-electron chi connectivity index (χ1n) is 8.66. The number of aryl methyl sites for hydroxylation is 1. The van der Waals surface area contributed by atoms with Gasteiger partial charge in [0.1, 0.15) is 12.4 Å². The van der Waals surface area contributed by atoms with E-state index in [2.05, 4.69) is 30.1 Å². The van der Waals surface area contributed by atoms with Crippen molar-refractivity contribution in [1.29, 1.82) is 0 Å². The maximum Gasteiger partial charge on any atom is 0.244 e. The van der Waals surface area contributed by atoms with Gasteiger partial charge in [-0.1, -0.05) is 49.1 Å². The Balaban J connectivity index is 1.59. The van der Waals surface area contributed by atoms with Crippen LogP contribution in [0.1, 0.15) is 35.6 Å². The summed E-state index contributed by atoms with van der Waals surface area (Å²) in [4.78, 5) is 12.3. The molecule has 0 aliphatic heterocycles. The molecule has 1 aliphatic carbocycles. The molecule has 0 radical (unpaired) electrons.